The molecule has 1 unspecified atom stereocenters. The molecule has 0 amide bonds. The fourth-order valence-electron chi connectivity index (χ4n) is 3.77. The Bertz CT molecular complexity index is 757. The van der Waals surface area contributed by atoms with Gasteiger partial charge in [-0.15, -0.1) is 0 Å². The lowest BCUT2D eigenvalue weighted by molar-refractivity contribution is 0.314. The molecule has 0 spiro atoms. The van der Waals surface area contributed by atoms with Gasteiger partial charge in [-0.3, -0.25) is 4.79 Å². The van der Waals surface area contributed by atoms with Crippen LogP contribution in [0.1, 0.15) is 39.5 Å². The van der Waals surface area contributed by atoms with E-state index in [1.54, 1.807) is 6.20 Å². The molecule has 3 rings (SSSR count). The number of benzene rings is 1. The molecule has 1 aliphatic carbocycles. The fraction of sp³-hybridized carbons (Fsp3) is 0.556. The first kappa shape index (κ1) is 15.8. The van der Waals surface area contributed by atoms with E-state index in [0.717, 1.165) is 12.8 Å². The summed E-state index contributed by atoms with van der Waals surface area (Å²) in [6.45, 7) is 5.18. The topological polar surface area (TPSA) is 75.3 Å². The largest absolute Gasteiger partial charge is 0.504 e. The predicted octanol–water partition coefficient (Wildman–Crippen LogP) is 3.27. The first-order valence-electron chi connectivity index (χ1n) is 8.36. The Kier molecular flexibility index (Phi) is 4.28. The summed E-state index contributed by atoms with van der Waals surface area (Å²) in [5.41, 5.74) is -0.206. The summed E-state index contributed by atoms with van der Waals surface area (Å²) < 4.78 is 1.51. The third kappa shape index (κ3) is 3.33. The summed E-state index contributed by atoms with van der Waals surface area (Å²) in [5, 5.41) is 24.4. The molecule has 0 aliphatic heterocycles. The minimum atomic E-state index is -0.274. The number of aromatic nitrogens is 2. The van der Waals surface area contributed by atoms with Gasteiger partial charge in [0.1, 0.15) is 0 Å². The van der Waals surface area contributed by atoms with Crippen molar-refractivity contribution in [3.63, 3.8) is 0 Å². The molecule has 5 nitrogen and oxygen atoms in total. The van der Waals surface area contributed by atoms with Crippen molar-refractivity contribution in [2.75, 3.05) is 0 Å². The van der Waals surface area contributed by atoms with Gasteiger partial charge in [0.25, 0.3) is 5.56 Å². The van der Waals surface area contributed by atoms with Crippen molar-refractivity contribution < 1.29 is 10.2 Å². The lowest BCUT2D eigenvalue weighted by Gasteiger charge is -2.19. The first-order chi connectivity index (χ1) is 10.9. The number of phenolic OH excluding ortho intramolecular Hbond substituents is 2. The number of fused-ring (bicyclic) bond motifs is 1. The number of aromatic hydroxyl groups is 2. The van der Waals surface area contributed by atoms with Crippen LogP contribution in [0.5, 0.6) is 11.5 Å². The quantitative estimate of drug-likeness (QED) is 0.658. The van der Waals surface area contributed by atoms with Crippen LogP contribution in [0.3, 0.4) is 0 Å². The molecule has 1 aromatic heterocycles. The van der Waals surface area contributed by atoms with Crippen LogP contribution >= 0.6 is 0 Å². The van der Waals surface area contributed by atoms with Crippen molar-refractivity contribution in [2.24, 2.45) is 17.8 Å². The van der Waals surface area contributed by atoms with Crippen molar-refractivity contribution in [3.8, 4) is 11.5 Å². The number of rotatable bonds is 2. The van der Waals surface area contributed by atoms with Crippen LogP contribution in [-0.2, 0) is 6.54 Å². The first-order valence-corrected chi connectivity index (χ1v) is 8.36. The Labute approximate surface area is 135 Å². The standard InChI is InChI=1S/C18H24N2O3/c1-11-3-4-12(2)6-13(5-11)10-20-18(23)15-8-17(22)16(21)7-14(15)9-19-20/h7-9,11-13,21-22H,3-6,10H2,1-2H3/t11-,12+,13?. The van der Waals surface area contributed by atoms with Gasteiger partial charge in [0, 0.05) is 11.9 Å². The van der Waals surface area contributed by atoms with Crippen LogP contribution in [-0.4, -0.2) is 20.0 Å². The summed E-state index contributed by atoms with van der Waals surface area (Å²) in [7, 11) is 0. The third-order valence-electron chi connectivity index (χ3n) is 5.00. The zero-order chi connectivity index (χ0) is 16.6. The van der Waals surface area contributed by atoms with Crippen LogP contribution in [0.2, 0.25) is 0 Å². The van der Waals surface area contributed by atoms with E-state index in [-0.39, 0.29) is 17.1 Å². The predicted molar refractivity (Wildman–Crippen MR) is 89.6 cm³/mol. The molecule has 0 bridgehead atoms. The average Bonchev–Trinajstić information content (AvgIpc) is 2.65. The lowest BCUT2D eigenvalue weighted by atomic mass is 9.93. The van der Waals surface area contributed by atoms with Crippen molar-refractivity contribution in [1.82, 2.24) is 9.78 Å². The fourth-order valence-corrected chi connectivity index (χ4v) is 3.77. The van der Waals surface area contributed by atoms with Gasteiger partial charge in [-0.05, 0) is 42.7 Å². The molecule has 1 saturated carbocycles. The maximum atomic E-state index is 12.6. The van der Waals surface area contributed by atoms with Crippen molar-refractivity contribution in [3.05, 3.63) is 28.7 Å². The molecular formula is C18H24N2O3. The molecule has 1 aromatic carbocycles. The second-order valence-corrected chi connectivity index (χ2v) is 7.19. The molecular weight excluding hydrogens is 292 g/mol. The summed E-state index contributed by atoms with van der Waals surface area (Å²) in [4.78, 5) is 12.6. The molecule has 1 aliphatic rings. The van der Waals surface area contributed by atoms with E-state index in [1.807, 2.05) is 0 Å². The summed E-state index contributed by atoms with van der Waals surface area (Å²) in [6.07, 6.45) is 6.34. The van der Waals surface area contributed by atoms with Crippen LogP contribution in [0.4, 0.5) is 0 Å². The average molecular weight is 316 g/mol. The van der Waals surface area contributed by atoms with Gasteiger partial charge in [0.2, 0.25) is 0 Å². The minimum Gasteiger partial charge on any atom is -0.504 e. The van der Waals surface area contributed by atoms with Gasteiger partial charge in [0.05, 0.1) is 11.6 Å². The Morgan fingerprint density at radius 2 is 1.74 bits per heavy atom. The van der Waals surface area contributed by atoms with Crippen molar-refractivity contribution >= 4 is 10.8 Å². The molecule has 2 N–H and O–H groups in total. The molecule has 2 aromatic rings. The third-order valence-corrected chi connectivity index (χ3v) is 5.00. The molecule has 1 heterocycles. The molecule has 1 fully saturated rings. The zero-order valence-electron chi connectivity index (χ0n) is 13.7. The molecule has 0 saturated heterocycles. The smallest absolute Gasteiger partial charge is 0.274 e. The summed E-state index contributed by atoms with van der Waals surface area (Å²) in [6, 6.07) is 2.70. The summed E-state index contributed by atoms with van der Waals surface area (Å²) >= 11 is 0. The molecule has 23 heavy (non-hydrogen) atoms. The maximum Gasteiger partial charge on any atom is 0.274 e. The zero-order valence-corrected chi connectivity index (χ0v) is 13.7. The second-order valence-electron chi connectivity index (χ2n) is 7.19. The van der Waals surface area contributed by atoms with Gasteiger partial charge < -0.3 is 10.2 Å². The van der Waals surface area contributed by atoms with Crippen LogP contribution in [0.15, 0.2) is 23.1 Å². The van der Waals surface area contributed by atoms with Crippen LogP contribution < -0.4 is 5.56 Å². The van der Waals surface area contributed by atoms with E-state index < -0.39 is 0 Å². The number of nitrogens with zero attached hydrogens (tertiary/aromatic N) is 2. The van der Waals surface area contributed by atoms with Gasteiger partial charge in [-0.1, -0.05) is 26.7 Å². The lowest BCUT2D eigenvalue weighted by Crippen LogP contribution is -2.27. The highest BCUT2D eigenvalue weighted by molar-refractivity contribution is 5.84. The second kappa shape index (κ2) is 6.22. The highest BCUT2D eigenvalue weighted by Gasteiger charge is 2.22. The molecule has 0 radical (unpaired) electrons. The van der Waals surface area contributed by atoms with E-state index >= 15 is 0 Å². The normalized spacial score (nSPS) is 25.4. The van der Waals surface area contributed by atoms with E-state index in [1.165, 1.54) is 29.7 Å². The maximum absolute atomic E-state index is 12.6. The van der Waals surface area contributed by atoms with E-state index in [0.29, 0.717) is 35.1 Å². The highest BCUT2D eigenvalue weighted by Crippen LogP contribution is 2.32. The van der Waals surface area contributed by atoms with E-state index in [9.17, 15) is 15.0 Å². The molecule has 124 valence electrons. The van der Waals surface area contributed by atoms with Gasteiger partial charge >= 0.3 is 0 Å². The van der Waals surface area contributed by atoms with Gasteiger partial charge in [0.15, 0.2) is 11.5 Å². The minimum absolute atomic E-state index is 0.206. The Balaban J connectivity index is 1.92. The Hall–Kier alpha value is -2.04. The van der Waals surface area contributed by atoms with Crippen molar-refractivity contribution in [2.45, 2.75) is 46.1 Å². The molecule has 3 atom stereocenters. The highest BCUT2D eigenvalue weighted by atomic mass is 16.3. The Morgan fingerprint density at radius 3 is 2.39 bits per heavy atom. The van der Waals surface area contributed by atoms with Crippen LogP contribution in [0, 0.1) is 17.8 Å². The monoisotopic (exact) mass is 316 g/mol. The van der Waals surface area contributed by atoms with Gasteiger partial charge in [-0.2, -0.15) is 5.10 Å². The van der Waals surface area contributed by atoms with Gasteiger partial charge in [-0.25, -0.2) is 4.68 Å². The number of hydrogen-bond donors (Lipinski definition) is 2. The number of phenols is 2. The van der Waals surface area contributed by atoms with E-state index in [4.69, 9.17) is 0 Å². The van der Waals surface area contributed by atoms with Crippen molar-refractivity contribution in [1.29, 1.82) is 0 Å². The van der Waals surface area contributed by atoms with Crippen LogP contribution in [0.25, 0.3) is 10.8 Å². The number of hydrogen-bond acceptors (Lipinski definition) is 4. The summed E-state index contributed by atoms with van der Waals surface area (Å²) in [5.74, 6) is 1.31. The Morgan fingerprint density at radius 1 is 1.13 bits per heavy atom. The SMILES string of the molecule is C[C@@H]1CC[C@H](C)CC(Cn2ncc3cc(O)c(O)cc3c2=O)C1. The molecule has 5 heteroatoms. The van der Waals surface area contributed by atoms with E-state index in [2.05, 4.69) is 18.9 Å².